The zero-order chi connectivity index (χ0) is 15.8. The minimum Gasteiger partial charge on any atom is -0.356 e. The van der Waals surface area contributed by atoms with Gasteiger partial charge in [-0.05, 0) is 31.6 Å². The van der Waals surface area contributed by atoms with Gasteiger partial charge >= 0.3 is 0 Å². The first-order valence-corrected chi connectivity index (χ1v) is 9.38. The van der Waals surface area contributed by atoms with Crippen molar-refractivity contribution in [2.45, 2.75) is 52.4 Å². The summed E-state index contributed by atoms with van der Waals surface area (Å²) in [5, 5.41) is 8.07. The first kappa shape index (κ1) is 20.7. The third kappa shape index (κ3) is 7.37. The number of aryl methyl sites for hydroxylation is 1. The Balaban J connectivity index is 0.00000264. The number of hydrogen-bond donors (Lipinski definition) is 2. The van der Waals surface area contributed by atoms with Crippen molar-refractivity contribution in [1.82, 2.24) is 15.6 Å². The summed E-state index contributed by atoms with van der Waals surface area (Å²) >= 11 is 1.77. The molecule has 0 aliphatic heterocycles. The molecule has 1 saturated carbocycles. The Morgan fingerprint density at radius 2 is 1.96 bits per heavy atom. The summed E-state index contributed by atoms with van der Waals surface area (Å²) in [6, 6.07) is 0. The first-order chi connectivity index (χ1) is 10.7. The van der Waals surface area contributed by atoms with E-state index >= 15 is 0 Å². The van der Waals surface area contributed by atoms with Gasteiger partial charge in [-0.3, -0.25) is 4.99 Å². The summed E-state index contributed by atoms with van der Waals surface area (Å²) < 4.78 is 0. The van der Waals surface area contributed by atoms with E-state index in [4.69, 9.17) is 0 Å². The van der Waals surface area contributed by atoms with Crippen LogP contribution in [0, 0.1) is 18.8 Å². The zero-order valence-electron chi connectivity index (χ0n) is 14.6. The molecule has 0 unspecified atom stereocenters. The highest BCUT2D eigenvalue weighted by atomic mass is 127. The largest absolute Gasteiger partial charge is 0.356 e. The molecule has 1 aromatic heterocycles. The Hall–Kier alpha value is -0.370. The summed E-state index contributed by atoms with van der Waals surface area (Å²) in [6.07, 6.45) is 9.78. The van der Waals surface area contributed by atoms with E-state index in [2.05, 4.69) is 34.5 Å². The average molecular weight is 450 g/mol. The average Bonchev–Trinajstić information content (AvgIpc) is 2.96. The molecule has 0 bridgehead atoms. The van der Waals surface area contributed by atoms with Crippen molar-refractivity contribution >= 4 is 41.3 Å². The molecule has 0 saturated heterocycles. The summed E-state index contributed by atoms with van der Waals surface area (Å²) in [5.41, 5.74) is 0. The molecule has 0 aromatic carbocycles. The Morgan fingerprint density at radius 3 is 2.52 bits per heavy atom. The number of aromatic nitrogens is 1. The summed E-state index contributed by atoms with van der Waals surface area (Å²) in [4.78, 5) is 9.99. The van der Waals surface area contributed by atoms with Gasteiger partial charge in [0.05, 0.1) is 5.01 Å². The van der Waals surface area contributed by atoms with Crippen LogP contribution >= 0.6 is 35.3 Å². The minimum absolute atomic E-state index is 0. The monoisotopic (exact) mass is 450 g/mol. The number of aliphatic imine (C=N–C) groups is 1. The first-order valence-electron chi connectivity index (χ1n) is 8.57. The zero-order valence-corrected chi connectivity index (χ0v) is 17.7. The normalized spacial score (nSPS) is 21.6. The Morgan fingerprint density at radius 1 is 1.26 bits per heavy atom. The van der Waals surface area contributed by atoms with Gasteiger partial charge in [-0.2, -0.15) is 0 Å². The molecule has 0 atom stereocenters. The number of halogens is 1. The van der Waals surface area contributed by atoms with Crippen LogP contribution < -0.4 is 10.6 Å². The smallest absolute Gasteiger partial charge is 0.190 e. The van der Waals surface area contributed by atoms with Crippen molar-refractivity contribution in [2.75, 3.05) is 20.1 Å². The molecule has 0 amide bonds. The van der Waals surface area contributed by atoms with Crippen molar-refractivity contribution in [2.24, 2.45) is 16.8 Å². The van der Waals surface area contributed by atoms with E-state index in [0.29, 0.717) is 0 Å². The van der Waals surface area contributed by atoms with Gasteiger partial charge in [-0.1, -0.05) is 26.2 Å². The van der Waals surface area contributed by atoms with Crippen molar-refractivity contribution in [3.05, 3.63) is 16.1 Å². The van der Waals surface area contributed by atoms with Gasteiger partial charge in [0.15, 0.2) is 5.96 Å². The van der Waals surface area contributed by atoms with Gasteiger partial charge in [-0.15, -0.1) is 35.3 Å². The summed E-state index contributed by atoms with van der Waals surface area (Å²) in [5.74, 6) is 2.70. The van der Waals surface area contributed by atoms with Crippen LogP contribution in [0.3, 0.4) is 0 Å². The molecule has 2 N–H and O–H groups in total. The molecule has 1 aliphatic carbocycles. The van der Waals surface area contributed by atoms with Crippen LogP contribution in [0.1, 0.15) is 48.9 Å². The highest BCUT2D eigenvalue weighted by molar-refractivity contribution is 14.0. The molecule has 6 heteroatoms. The number of guanidine groups is 1. The molecule has 0 radical (unpaired) electrons. The lowest BCUT2D eigenvalue weighted by Crippen LogP contribution is -2.41. The number of nitrogens with one attached hydrogen (secondary N) is 2. The van der Waals surface area contributed by atoms with Crippen molar-refractivity contribution in [3.63, 3.8) is 0 Å². The third-order valence-electron chi connectivity index (χ3n) is 4.63. The molecule has 23 heavy (non-hydrogen) atoms. The highest BCUT2D eigenvalue weighted by Crippen LogP contribution is 2.29. The minimum atomic E-state index is 0. The summed E-state index contributed by atoms with van der Waals surface area (Å²) in [6.45, 7) is 6.35. The van der Waals surface area contributed by atoms with E-state index < -0.39 is 0 Å². The maximum absolute atomic E-state index is 4.39. The molecule has 1 aliphatic rings. The van der Waals surface area contributed by atoms with Gasteiger partial charge in [0.25, 0.3) is 0 Å². The second kappa shape index (κ2) is 11.2. The lowest BCUT2D eigenvalue weighted by atomic mass is 9.81. The SMILES string of the molecule is CCC1CCC(CNC(=NC)NCCc2ncc(C)s2)CC1.I. The van der Waals surface area contributed by atoms with Crippen LogP contribution in [-0.2, 0) is 6.42 Å². The number of thiazole rings is 1. The standard InChI is InChI=1S/C17H30N4S.HI/c1-4-14-5-7-15(8-6-14)12-21-17(18-3)19-10-9-16-20-11-13(2)22-16;/h11,14-15H,4-10,12H2,1-3H3,(H2,18,19,21);1H. The molecular weight excluding hydrogens is 419 g/mol. The van der Waals surface area contributed by atoms with Crippen molar-refractivity contribution < 1.29 is 0 Å². The predicted molar refractivity (Wildman–Crippen MR) is 111 cm³/mol. The van der Waals surface area contributed by atoms with Crippen LogP contribution in [-0.4, -0.2) is 31.1 Å². The maximum Gasteiger partial charge on any atom is 0.190 e. The van der Waals surface area contributed by atoms with Gasteiger partial charge in [0, 0.05) is 37.6 Å². The van der Waals surface area contributed by atoms with Crippen LogP contribution in [0.4, 0.5) is 0 Å². The molecule has 1 heterocycles. The number of nitrogens with zero attached hydrogens (tertiary/aromatic N) is 2. The van der Waals surface area contributed by atoms with Gasteiger partial charge in [-0.25, -0.2) is 4.98 Å². The molecule has 4 nitrogen and oxygen atoms in total. The molecule has 1 fully saturated rings. The second-order valence-corrected chi connectivity index (χ2v) is 7.61. The lowest BCUT2D eigenvalue weighted by Gasteiger charge is -2.28. The fourth-order valence-corrected chi connectivity index (χ4v) is 3.90. The van der Waals surface area contributed by atoms with E-state index in [-0.39, 0.29) is 24.0 Å². The van der Waals surface area contributed by atoms with E-state index in [1.165, 1.54) is 42.0 Å². The van der Waals surface area contributed by atoms with E-state index in [9.17, 15) is 0 Å². The third-order valence-corrected chi connectivity index (χ3v) is 5.60. The molecule has 132 valence electrons. The van der Waals surface area contributed by atoms with Gasteiger partial charge in [0.1, 0.15) is 0 Å². The Labute approximate surface area is 162 Å². The van der Waals surface area contributed by atoms with Crippen LogP contribution in [0.25, 0.3) is 0 Å². The number of rotatable bonds is 6. The van der Waals surface area contributed by atoms with E-state index in [0.717, 1.165) is 37.3 Å². The predicted octanol–water partition coefficient (Wildman–Crippen LogP) is 3.99. The van der Waals surface area contributed by atoms with Crippen molar-refractivity contribution in [1.29, 1.82) is 0 Å². The fourth-order valence-electron chi connectivity index (χ4n) is 3.11. The van der Waals surface area contributed by atoms with E-state index in [1.807, 2.05) is 13.2 Å². The van der Waals surface area contributed by atoms with Crippen LogP contribution in [0.2, 0.25) is 0 Å². The van der Waals surface area contributed by atoms with Crippen LogP contribution in [0.5, 0.6) is 0 Å². The lowest BCUT2D eigenvalue weighted by molar-refractivity contribution is 0.269. The van der Waals surface area contributed by atoms with Crippen molar-refractivity contribution in [3.8, 4) is 0 Å². The highest BCUT2D eigenvalue weighted by Gasteiger charge is 2.19. The molecule has 2 rings (SSSR count). The maximum atomic E-state index is 4.39. The molecule has 1 aromatic rings. The fraction of sp³-hybridized carbons (Fsp3) is 0.765. The Bertz CT molecular complexity index is 467. The number of hydrogen-bond acceptors (Lipinski definition) is 3. The van der Waals surface area contributed by atoms with Gasteiger partial charge < -0.3 is 10.6 Å². The molecular formula is C17H31IN4S. The van der Waals surface area contributed by atoms with E-state index in [1.54, 1.807) is 11.3 Å². The van der Waals surface area contributed by atoms with Crippen LogP contribution in [0.15, 0.2) is 11.2 Å². The Kier molecular flexibility index (Phi) is 10.1. The summed E-state index contributed by atoms with van der Waals surface area (Å²) in [7, 11) is 1.84. The topological polar surface area (TPSA) is 49.3 Å². The van der Waals surface area contributed by atoms with Gasteiger partial charge in [0.2, 0.25) is 0 Å². The molecule has 0 spiro atoms. The second-order valence-electron chi connectivity index (χ2n) is 6.29. The quantitative estimate of drug-likeness (QED) is 0.392.